The maximum atomic E-state index is 6.09. The summed E-state index contributed by atoms with van der Waals surface area (Å²) < 4.78 is 8.52. The summed E-state index contributed by atoms with van der Waals surface area (Å²) in [7, 11) is 0. The molecular weight excluding hydrogens is 669 g/mol. The van der Waals surface area contributed by atoms with Crippen LogP contribution in [-0.4, -0.2) is 4.57 Å². The Morgan fingerprint density at radius 1 is 0.345 bits per heavy atom. The molecule has 11 rings (SSSR count). The second-order valence-corrected chi connectivity index (χ2v) is 14.2. The van der Waals surface area contributed by atoms with E-state index in [0.717, 1.165) is 55.8 Å². The van der Waals surface area contributed by atoms with Crippen LogP contribution in [0.3, 0.4) is 0 Å². The maximum Gasteiger partial charge on any atom is 0.135 e. The van der Waals surface area contributed by atoms with Crippen molar-refractivity contribution in [1.29, 1.82) is 0 Å². The lowest BCUT2D eigenvalue weighted by Crippen LogP contribution is -2.09. The largest absolute Gasteiger partial charge is 0.456 e. The Morgan fingerprint density at radius 3 is 1.64 bits per heavy atom. The van der Waals surface area contributed by atoms with E-state index in [9.17, 15) is 0 Å². The van der Waals surface area contributed by atoms with Crippen LogP contribution < -0.4 is 4.90 Å². The molecule has 0 aliphatic heterocycles. The summed E-state index contributed by atoms with van der Waals surface area (Å²) >= 11 is 0. The van der Waals surface area contributed by atoms with Crippen LogP contribution in [0.4, 0.5) is 17.1 Å². The Kier molecular flexibility index (Phi) is 7.17. The summed E-state index contributed by atoms with van der Waals surface area (Å²) in [5, 5.41) is 7.29. The molecule has 0 saturated heterocycles. The fraction of sp³-hybridized carbons (Fsp3) is 0. The SMILES string of the molecule is c1ccc(N(c2ccc(-c3ccc4oc5ccccc5c4c3)cc2)c2ccc(-c3ccc4c5ccc6ccccc6c5n(-c5ccccc5)c4c3)cc2)cc1. The Hall–Kier alpha value is -7.36. The zero-order valence-corrected chi connectivity index (χ0v) is 29.9. The highest BCUT2D eigenvalue weighted by Crippen LogP contribution is 2.41. The molecule has 0 amide bonds. The average Bonchev–Trinajstić information content (AvgIpc) is 3.80. The van der Waals surface area contributed by atoms with Gasteiger partial charge in [0.25, 0.3) is 0 Å². The van der Waals surface area contributed by atoms with Gasteiger partial charge >= 0.3 is 0 Å². The van der Waals surface area contributed by atoms with E-state index in [0.29, 0.717) is 0 Å². The van der Waals surface area contributed by atoms with Gasteiger partial charge in [-0.25, -0.2) is 0 Å². The van der Waals surface area contributed by atoms with Gasteiger partial charge in [0.1, 0.15) is 11.2 Å². The zero-order chi connectivity index (χ0) is 36.3. The molecule has 0 bridgehead atoms. The molecule has 0 atom stereocenters. The molecule has 3 heteroatoms. The summed E-state index contributed by atoms with van der Waals surface area (Å²) in [5.74, 6) is 0. The van der Waals surface area contributed by atoms with Crippen molar-refractivity contribution in [1.82, 2.24) is 4.57 Å². The van der Waals surface area contributed by atoms with Crippen molar-refractivity contribution < 1.29 is 4.42 Å². The molecule has 55 heavy (non-hydrogen) atoms. The third kappa shape index (κ3) is 5.20. The lowest BCUT2D eigenvalue weighted by molar-refractivity contribution is 0.669. The first-order valence-corrected chi connectivity index (χ1v) is 18.8. The van der Waals surface area contributed by atoms with Crippen molar-refractivity contribution in [2.75, 3.05) is 4.90 Å². The number of furan rings is 1. The summed E-state index contributed by atoms with van der Waals surface area (Å²) in [5.41, 5.74) is 13.4. The molecule has 258 valence electrons. The highest BCUT2D eigenvalue weighted by molar-refractivity contribution is 6.19. The molecule has 0 N–H and O–H groups in total. The number of benzene rings is 9. The Morgan fingerprint density at radius 2 is 0.891 bits per heavy atom. The maximum absolute atomic E-state index is 6.09. The smallest absolute Gasteiger partial charge is 0.135 e. The second kappa shape index (κ2) is 12.6. The molecule has 2 heterocycles. The van der Waals surface area contributed by atoms with Gasteiger partial charge < -0.3 is 13.9 Å². The van der Waals surface area contributed by atoms with Gasteiger partial charge in [-0.1, -0.05) is 133 Å². The van der Waals surface area contributed by atoms with Crippen molar-refractivity contribution in [3.05, 3.63) is 206 Å². The number of rotatable bonds is 6. The average molecular weight is 703 g/mol. The fourth-order valence-corrected chi connectivity index (χ4v) is 8.34. The summed E-state index contributed by atoms with van der Waals surface area (Å²) in [4.78, 5) is 2.32. The third-order valence-corrected chi connectivity index (χ3v) is 11.0. The number of para-hydroxylation sites is 3. The van der Waals surface area contributed by atoms with Crippen LogP contribution in [0.15, 0.2) is 211 Å². The minimum atomic E-state index is 0.910. The van der Waals surface area contributed by atoms with Crippen LogP contribution in [0.2, 0.25) is 0 Å². The van der Waals surface area contributed by atoms with Crippen LogP contribution in [0.1, 0.15) is 0 Å². The number of anilines is 3. The van der Waals surface area contributed by atoms with Crippen molar-refractivity contribution in [2.24, 2.45) is 0 Å². The van der Waals surface area contributed by atoms with E-state index in [4.69, 9.17) is 4.42 Å². The van der Waals surface area contributed by atoms with Crippen molar-refractivity contribution in [3.8, 4) is 27.9 Å². The molecule has 0 spiro atoms. The van der Waals surface area contributed by atoms with Crippen LogP contribution >= 0.6 is 0 Å². The Balaban J connectivity index is 0.979. The fourth-order valence-electron chi connectivity index (χ4n) is 8.34. The van der Waals surface area contributed by atoms with Gasteiger partial charge in [-0.05, 0) is 100 Å². The molecule has 0 radical (unpaired) electrons. The predicted molar refractivity (Wildman–Crippen MR) is 231 cm³/mol. The molecule has 2 aromatic heterocycles. The van der Waals surface area contributed by atoms with E-state index in [1.165, 1.54) is 43.7 Å². The summed E-state index contributed by atoms with van der Waals surface area (Å²) in [6.45, 7) is 0. The molecule has 11 aromatic rings. The lowest BCUT2D eigenvalue weighted by atomic mass is 10.0. The molecule has 9 aromatic carbocycles. The highest BCUT2D eigenvalue weighted by atomic mass is 16.3. The summed E-state index contributed by atoms with van der Waals surface area (Å²) in [6, 6.07) is 74.0. The van der Waals surface area contributed by atoms with E-state index in [1.807, 2.05) is 12.1 Å². The van der Waals surface area contributed by atoms with Gasteiger partial charge in [-0.2, -0.15) is 0 Å². The monoisotopic (exact) mass is 702 g/mol. The first-order chi connectivity index (χ1) is 27.3. The second-order valence-electron chi connectivity index (χ2n) is 14.2. The molecule has 0 aliphatic carbocycles. The van der Waals surface area contributed by atoms with Gasteiger partial charge in [0, 0.05) is 49.7 Å². The predicted octanol–water partition coefficient (Wildman–Crippen LogP) is 14.6. The minimum absolute atomic E-state index is 0.910. The first-order valence-electron chi connectivity index (χ1n) is 18.8. The van der Waals surface area contributed by atoms with E-state index in [2.05, 4.69) is 204 Å². The number of hydrogen-bond acceptors (Lipinski definition) is 2. The zero-order valence-electron chi connectivity index (χ0n) is 29.9. The first kappa shape index (κ1) is 31.2. The minimum Gasteiger partial charge on any atom is -0.456 e. The summed E-state index contributed by atoms with van der Waals surface area (Å²) in [6.07, 6.45) is 0. The standard InChI is InChI=1S/C52H34N2O/c1-3-12-40(13-4-1)53(42-26-19-35(20-27-42)38-25-32-51-48(33-38)46-17-9-10-18-50(46)55-51)43-28-21-36(22-29-43)39-24-30-45-47-31-23-37-11-7-8-16-44(37)52(47)54(49(45)34-39)41-14-5-2-6-15-41/h1-34H. The van der Waals surface area contributed by atoms with Crippen LogP contribution in [0.25, 0.3) is 82.5 Å². The van der Waals surface area contributed by atoms with Gasteiger partial charge in [-0.15, -0.1) is 0 Å². The molecule has 0 aliphatic rings. The van der Waals surface area contributed by atoms with Gasteiger partial charge in [0.05, 0.1) is 11.0 Å². The van der Waals surface area contributed by atoms with E-state index < -0.39 is 0 Å². The molecular formula is C52H34N2O. The quantitative estimate of drug-likeness (QED) is 0.172. The molecule has 3 nitrogen and oxygen atoms in total. The normalized spacial score (nSPS) is 11.6. The number of nitrogens with zero attached hydrogens (tertiary/aromatic N) is 2. The number of fused-ring (bicyclic) bond motifs is 8. The highest BCUT2D eigenvalue weighted by Gasteiger charge is 2.17. The Bertz CT molecular complexity index is 3180. The van der Waals surface area contributed by atoms with Crippen LogP contribution in [-0.2, 0) is 0 Å². The van der Waals surface area contributed by atoms with Gasteiger partial charge in [0.2, 0.25) is 0 Å². The molecule has 0 fully saturated rings. The van der Waals surface area contributed by atoms with Crippen molar-refractivity contribution in [2.45, 2.75) is 0 Å². The van der Waals surface area contributed by atoms with E-state index in [1.54, 1.807) is 0 Å². The van der Waals surface area contributed by atoms with Gasteiger partial charge in [0.15, 0.2) is 0 Å². The van der Waals surface area contributed by atoms with Crippen molar-refractivity contribution in [3.63, 3.8) is 0 Å². The number of hydrogen-bond donors (Lipinski definition) is 0. The van der Waals surface area contributed by atoms with Crippen LogP contribution in [0, 0.1) is 0 Å². The topological polar surface area (TPSA) is 21.3 Å². The number of aromatic nitrogens is 1. The van der Waals surface area contributed by atoms with Crippen molar-refractivity contribution >= 4 is 71.6 Å². The van der Waals surface area contributed by atoms with E-state index >= 15 is 0 Å². The lowest BCUT2D eigenvalue weighted by Gasteiger charge is -2.26. The Labute approximate surface area is 318 Å². The third-order valence-electron chi connectivity index (χ3n) is 11.0. The molecule has 0 saturated carbocycles. The van der Waals surface area contributed by atoms with E-state index in [-0.39, 0.29) is 0 Å². The van der Waals surface area contributed by atoms with Crippen LogP contribution in [0.5, 0.6) is 0 Å². The van der Waals surface area contributed by atoms with Gasteiger partial charge in [-0.3, -0.25) is 0 Å². The molecule has 0 unspecified atom stereocenters.